The quantitative estimate of drug-likeness (QED) is 0.322. The molecule has 0 amide bonds. The summed E-state index contributed by atoms with van der Waals surface area (Å²) in [7, 11) is -1.69. The van der Waals surface area contributed by atoms with Crippen molar-refractivity contribution in [3.8, 4) is 0 Å². The van der Waals surface area contributed by atoms with Crippen LogP contribution in [0.25, 0.3) is 21.7 Å². The molecular weight excluding hydrogens is 458 g/mol. The summed E-state index contributed by atoms with van der Waals surface area (Å²) in [6, 6.07) is 21.0. The highest BCUT2D eigenvalue weighted by molar-refractivity contribution is 7.89. The minimum Gasteiger partial charge on any atom is -0.372 e. The second-order valence-electron chi connectivity index (χ2n) is 9.26. The van der Waals surface area contributed by atoms with Crippen molar-refractivity contribution in [2.45, 2.75) is 30.6 Å². The fourth-order valence-electron chi connectivity index (χ4n) is 4.96. The van der Waals surface area contributed by atoms with E-state index in [4.69, 9.17) is 0 Å². The second-order valence-corrected chi connectivity index (χ2v) is 11.0. The Morgan fingerprint density at radius 2 is 1.46 bits per heavy atom. The van der Waals surface area contributed by atoms with Gasteiger partial charge in [0, 0.05) is 30.9 Å². The van der Waals surface area contributed by atoms with Gasteiger partial charge in [0.2, 0.25) is 16.0 Å². The molecule has 1 saturated carbocycles. The van der Waals surface area contributed by atoms with Crippen molar-refractivity contribution >= 4 is 43.5 Å². The number of nitrogens with zero attached hydrogens (tertiary/aromatic N) is 2. The Morgan fingerprint density at radius 3 is 2.23 bits per heavy atom. The van der Waals surface area contributed by atoms with E-state index >= 15 is 0 Å². The first-order valence-corrected chi connectivity index (χ1v) is 13.7. The summed E-state index contributed by atoms with van der Waals surface area (Å²) in [5.74, 6) is 2.33. The highest BCUT2D eigenvalue weighted by atomic mass is 32.2. The molecule has 4 aromatic rings. The predicted octanol–water partition coefficient (Wildman–Crippen LogP) is 5.02. The molecule has 1 aliphatic carbocycles. The molecule has 1 aromatic heterocycles. The van der Waals surface area contributed by atoms with E-state index < -0.39 is 10.0 Å². The molecule has 3 aromatic carbocycles. The van der Waals surface area contributed by atoms with Crippen LogP contribution >= 0.6 is 0 Å². The first-order chi connectivity index (χ1) is 17.0. The number of para-hydroxylation sites is 1. The number of fused-ring (bicyclic) bond motifs is 2. The third-order valence-corrected chi connectivity index (χ3v) is 8.44. The molecule has 1 heterocycles. The maximum absolute atomic E-state index is 13.0. The monoisotopic (exact) mass is 489 g/mol. The predicted molar refractivity (Wildman–Crippen MR) is 142 cm³/mol. The number of anilines is 2. The Morgan fingerprint density at radius 1 is 0.800 bits per heavy atom. The van der Waals surface area contributed by atoms with Crippen LogP contribution in [0.4, 0.5) is 11.8 Å². The zero-order chi connectivity index (χ0) is 24.3. The standard InChI is InChI=1S/C27H31N5O2S/c1-28-26-23-10-4-5-11-24(23)31-27(32-26)29-17-19-13-15-20(16-14-19)18-30-35(33,34)25-12-6-8-21-7-2-3-9-22(21)25/h2-12,19-20,30H,13-18H2,1H3,(H2,28,29,31,32). The molecule has 0 radical (unpaired) electrons. The minimum absolute atomic E-state index is 0.351. The summed E-state index contributed by atoms with van der Waals surface area (Å²) in [5.41, 5.74) is 0.913. The molecule has 0 aliphatic heterocycles. The zero-order valence-corrected chi connectivity index (χ0v) is 20.7. The van der Waals surface area contributed by atoms with Gasteiger partial charge in [-0.25, -0.2) is 18.1 Å². The maximum Gasteiger partial charge on any atom is 0.241 e. The first-order valence-electron chi connectivity index (χ1n) is 12.2. The summed E-state index contributed by atoms with van der Waals surface area (Å²) >= 11 is 0. The maximum atomic E-state index is 13.0. The third-order valence-electron chi connectivity index (χ3n) is 6.96. The molecule has 1 aliphatic rings. The van der Waals surface area contributed by atoms with E-state index in [0.717, 1.165) is 59.7 Å². The van der Waals surface area contributed by atoms with Crippen LogP contribution in [0, 0.1) is 11.8 Å². The van der Waals surface area contributed by atoms with Crippen LogP contribution in [0.2, 0.25) is 0 Å². The average Bonchev–Trinajstić information content (AvgIpc) is 2.90. The van der Waals surface area contributed by atoms with Crippen LogP contribution in [0.5, 0.6) is 0 Å². The first kappa shape index (κ1) is 23.5. The van der Waals surface area contributed by atoms with E-state index in [0.29, 0.717) is 29.2 Å². The van der Waals surface area contributed by atoms with Crippen molar-refractivity contribution in [3.05, 3.63) is 66.7 Å². The van der Waals surface area contributed by atoms with Gasteiger partial charge < -0.3 is 10.6 Å². The van der Waals surface area contributed by atoms with E-state index in [2.05, 4.69) is 25.3 Å². The van der Waals surface area contributed by atoms with Crippen molar-refractivity contribution in [1.29, 1.82) is 0 Å². The van der Waals surface area contributed by atoms with Crippen LogP contribution in [-0.2, 0) is 10.0 Å². The molecule has 0 bridgehead atoms. The van der Waals surface area contributed by atoms with Crippen molar-refractivity contribution in [2.24, 2.45) is 11.8 Å². The number of aromatic nitrogens is 2. The normalized spacial score (nSPS) is 18.5. The van der Waals surface area contributed by atoms with Gasteiger partial charge in [-0.1, -0.05) is 48.5 Å². The van der Waals surface area contributed by atoms with Gasteiger partial charge >= 0.3 is 0 Å². The lowest BCUT2D eigenvalue weighted by atomic mass is 9.82. The SMILES string of the molecule is CNc1nc(NCC2CCC(CNS(=O)(=O)c3cccc4ccccc34)CC2)nc2ccccc12. The smallest absolute Gasteiger partial charge is 0.241 e. The summed E-state index contributed by atoms with van der Waals surface area (Å²) in [5, 5.41) is 9.27. The highest BCUT2D eigenvalue weighted by Gasteiger charge is 2.24. The van der Waals surface area contributed by atoms with Crippen molar-refractivity contribution in [2.75, 3.05) is 30.8 Å². The Bertz CT molecular complexity index is 1430. The summed E-state index contributed by atoms with van der Waals surface area (Å²) in [4.78, 5) is 9.62. The van der Waals surface area contributed by atoms with E-state index in [-0.39, 0.29) is 0 Å². The van der Waals surface area contributed by atoms with Crippen molar-refractivity contribution in [1.82, 2.24) is 14.7 Å². The van der Waals surface area contributed by atoms with Crippen LogP contribution in [0.1, 0.15) is 25.7 Å². The van der Waals surface area contributed by atoms with Crippen LogP contribution in [0.3, 0.4) is 0 Å². The Labute approximate surface area is 206 Å². The van der Waals surface area contributed by atoms with Gasteiger partial charge in [0.15, 0.2) is 0 Å². The number of hydrogen-bond donors (Lipinski definition) is 3. The molecule has 5 rings (SSSR count). The molecule has 0 unspecified atom stereocenters. The topological polar surface area (TPSA) is 96.0 Å². The Kier molecular flexibility index (Phi) is 6.83. The number of sulfonamides is 1. The van der Waals surface area contributed by atoms with Crippen molar-refractivity contribution in [3.63, 3.8) is 0 Å². The number of nitrogens with one attached hydrogen (secondary N) is 3. The molecule has 7 nitrogen and oxygen atoms in total. The molecule has 0 saturated heterocycles. The highest BCUT2D eigenvalue weighted by Crippen LogP contribution is 2.30. The number of rotatable bonds is 8. The molecular formula is C27H31N5O2S. The summed E-state index contributed by atoms with van der Waals surface area (Å²) < 4.78 is 28.9. The zero-order valence-electron chi connectivity index (χ0n) is 19.9. The van der Waals surface area contributed by atoms with Gasteiger partial charge in [-0.15, -0.1) is 0 Å². The summed E-state index contributed by atoms with van der Waals surface area (Å²) in [6.07, 6.45) is 4.12. The lowest BCUT2D eigenvalue weighted by Crippen LogP contribution is -2.32. The van der Waals surface area contributed by atoms with Crippen LogP contribution < -0.4 is 15.4 Å². The third kappa shape index (κ3) is 5.23. The lowest BCUT2D eigenvalue weighted by Gasteiger charge is -2.28. The number of benzene rings is 3. The molecule has 0 spiro atoms. The molecule has 182 valence electrons. The van der Waals surface area contributed by atoms with E-state index in [1.165, 1.54) is 0 Å². The largest absolute Gasteiger partial charge is 0.372 e. The van der Waals surface area contributed by atoms with Crippen LogP contribution in [0.15, 0.2) is 71.6 Å². The molecule has 0 atom stereocenters. The minimum atomic E-state index is -3.56. The van der Waals surface area contributed by atoms with E-state index in [1.54, 1.807) is 12.1 Å². The van der Waals surface area contributed by atoms with Crippen LogP contribution in [-0.4, -0.2) is 38.5 Å². The van der Waals surface area contributed by atoms with E-state index in [1.807, 2.05) is 61.6 Å². The van der Waals surface area contributed by atoms with E-state index in [9.17, 15) is 8.42 Å². The van der Waals surface area contributed by atoms with Gasteiger partial charge in [0.1, 0.15) is 5.82 Å². The van der Waals surface area contributed by atoms with Gasteiger partial charge in [0.25, 0.3) is 0 Å². The fraction of sp³-hybridized carbons (Fsp3) is 0.333. The lowest BCUT2D eigenvalue weighted by molar-refractivity contribution is 0.284. The van der Waals surface area contributed by atoms with Gasteiger partial charge in [-0.2, -0.15) is 4.98 Å². The molecule has 1 fully saturated rings. The molecule has 35 heavy (non-hydrogen) atoms. The molecule has 3 N–H and O–H groups in total. The van der Waals surface area contributed by atoms with Gasteiger partial charge in [0.05, 0.1) is 10.4 Å². The van der Waals surface area contributed by atoms with Gasteiger partial charge in [-0.05, 0) is 61.1 Å². The second kappa shape index (κ2) is 10.2. The molecule has 8 heteroatoms. The Hall–Kier alpha value is -3.23. The average molecular weight is 490 g/mol. The van der Waals surface area contributed by atoms with Gasteiger partial charge in [-0.3, -0.25) is 0 Å². The van der Waals surface area contributed by atoms with Crippen molar-refractivity contribution < 1.29 is 8.42 Å². The Balaban J connectivity index is 1.14. The number of hydrogen-bond acceptors (Lipinski definition) is 6. The fourth-order valence-corrected chi connectivity index (χ4v) is 6.30. The summed E-state index contributed by atoms with van der Waals surface area (Å²) in [6.45, 7) is 1.29.